The lowest BCUT2D eigenvalue weighted by molar-refractivity contribution is -0.305. The molecule has 0 aliphatic heterocycles. The van der Waals surface area contributed by atoms with E-state index >= 15 is 0 Å². The molecule has 0 N–H and O–H groups in total. The molecule has 0 unspecified atom stereocenters. The summed E-state index contributed by atoms with van der Waals surface area (Å²) in [4.78, 5) is 10.2. The van der Waals surface area contributed by atoms with E-state index in [1.165, 1.54) is 25.7 Å². The van der Waals surface area contributed by atoms with Gasteiger partial charge in [-0.25, -0.2) is 0 Å². The highest BCUT2D eigenvalue weighted by Gasteiger charge is 1.91. The van der Waals surface area contributed by atoms with Crippen molar-refractivity contribution in [3.63, 3.8) is 0 Å². The standard InChI is InChI=1S/C18H28O2/c1-2-3-4-5-6-7-8-9-10-11-12-13-14-15-16-17-18(19)20/h2-5,10-17H2,1H3,(H,19,20)/p-1. The predicted octanol–water partition coefficient (Wildman–Crippen LogP) is 3.44. The second kappa shape index (κ2) is 15.6. The molecule has 0 bridgehead atoms. The Bertz CT molecular complexity index is 349. The zero-order valence-electron chi connectivity index (χ0n) is 12.8. The van der Waals surface area contributed by atoms with E-state index in [0.717, 1.165) is 44.9 Å². The average molecular weight is 275 g/mol. The van der Waals surface area contributed by atoms with Gasteiger partial charge in [0.2, 0.25) is 0 Å². The summed E-state index contributed by atoms with van der Waals surface area (Å²) in [6, 6.07) is 0. The molecule has 112 valence electrons. The number of hydrogen-bond donors (Lipinski definition) is 0. The number of carbonyl (C=O) groups is 1. The van der Waals surface area contributed by atoms with Crippen molar-refractivity contribution in [1.82, 2.24) is 0 Å². The van der Waals surface area contributed by atoms with Gasteiger partial charge in [-0.2, -0.15) is 0 Å². The first-order valence-electron chi connectivity index (χ1n) is 7.93. The second-order valence-electron chi connectivity index (χ2n) is 5.05. The molecule has 0 aliphatic rings. The van der Waals surface area contributed by atoms with Crippen LogP contribution in [0.4, 0.5) is 0 Å². The smallest absolute Gasteiger partial charge is 0.0414 e. The Morgan fingerprint density at radius 1 is 0.800 bits per heavy atom. The highest BCUT2D eigenvalue weighted by molar-refractivity contribution is 5.63. The minimum Gasteiger partial charge on any atom is -0.550 e. The molecule has 0 spiro atoms. The highest BCUT2D eigenvalue weighted by Crippen LogP contribution is 2.07. The van der Waals surface area contributed by atoms with Crippen molar-refractivity contribution in [2.24, 2.45) is 0 Å². The number of carbonyl (C=O) groups excluding carboxylic acids is 1. The largest absolute Gasteiger partial charge is 0.550 e. The van der Waals surface area contributed by atoms with Crippen molar-refractivity contribution in [2.45, 2.75) is 84.0 Å². The van der Waals surface area contributed by atoms with Gasteiger partial charge in [0.25, 0.3) is 0 Å². The van der Waals surface area contributed by atoms with Gasteiger partial charge in [0.15, 0.2) is 0 Å². The van der Waals surface area contributed by atoms with Crippen LogP contribution < -0.4 is 5.11 Å². The van der Waals surface area contributed by atoms with E-state index in [-0.39, 0.29) is 6.42 Å². The molecule has 0 aromatic rings. The highest BCUT2D eigenvalue weighted by atomic mass is 16.4. The summed E-state index contributed by atoms with van der Waals surface area (Å²) in [6.45, 7) is 2.19. The Morgan fingerprint density at radius 3 is 1.85 bits per heavy atom. The third-order valence-corrected chi connectivity index (χ3v) is 3.08. The molecule has 0 radical (unpaired) electrons. The lowest BCUT2D eigenvalue weighted by Gasteiger charge is -2.01. The van der Waals surface area contributed by atoms with E-state index < -0.39 is 5.97 Å². The molecular formula is C18H27O2-. The molecule has 0 saturated carbocycles. The van der Waals surface area contributed by atoms with Crippen LogP contribution in [0.15, 0.2) is 0 Å². The molecule has 0 amide bonds. The van der Waals surface area contributed by atoms with Gasteiger partial charge in [0.05, 0.1) is 0 Å². The van der Waals surface area contributed by atoms with Crippen molar-refractivity contribution in [2.75, 3.05) is 0 Å². The Kier molecular flexibility index (Phi) is 14.5. The van der Waals surface area contributed by atoms with E-state index in [1.807, 2.05) is 0 Å². The summed E-state index contributed by atoms with van der Waals surface area (Å²) in [5.41, 5.74) is 0. The number of hydrogen-bond acceptors (Lipinski definition) is 2. The summed E-state index contributed by atoms with van der Waals surface area (Å²) >= 11 is 0. The molecule has 20 heavy (non-hydrogen) atoms. The van der Waals surface area contributed by atoms with Crippen LogP contribution in [-0.2, 0) is 4.79 Å². The van der Waals surface area contributed by atoms with Gasteiger partial charge in [0, 0.05) is 18.8 Å². The first kappa shape index (κ1) is 18.6. The van der Waals surface area contributed by atoms with E-state index in [1.54, 1.807) is 0 Å². The van der Waals surface area contributed by atoms with Crippen molar-refractivity contribution < 1.29 is 9.90 Å². The fourth-order valence-corrected chi connectivity index (χ4v) is 1.87. The van der Waals surface area contributed by atoms with Crippen LogP contribution in [0, 0.1) is 23.7 Å². The molecule has 0 atom stereocenters. The Hall–Kier alpha value is -1.41. The third-order valence-electron chi connectivity index (χ3n) is 3.08. The SMILES string of the molecule is CCCCCC#CC#CCCCCCCCCC(=O)[O-]. The van der Waals surface area contributed by atoms with Crippen LogP contribution in [0.1, 0.15) is 84.0 Å². The monoisotopic (exact) mass is 275 g/mol. The molecule has 0 fully saturated rings. The minimum atomic E-state index is -0.934. The lowest BCUT2D eigenvalue weighted by atomic mass is 10.1. The summed E-state index contributed by atoms with van der Waals surface area (Å²) in [5, 5.41) is 10.2. The average Bonchev–Trinajstić information content (AvgIpc) is 2.43. The Morgan fingerprint density at radius 2 is 1.30 bits per heavy atom. The second-order valence-corrected chi connectivity index (χ2v) is 5.05. The fraction of sp³-hybridized carbons (Fsp3) is 0.722. The number of carboxylic acid groups (broad SMARTS) is 1. The van der Waals surface area contributed by atoms with E-state index in [9.17, 15) is 9.90 Å². The molecule has 0 aliphatic carbocycles. The van der Waals surface area contributed by atoms with Gasteiger partial charge in [-0.1, -0.05) is 57.3 Å². The topological polar surface area (TPSA) is 40.1 Å². The lowest BCUT2D eigenvalue weighted by Crippen LogP contribution is -2.21. The van der Waals surface area contributed by atoms with Crippen LogP contribution in [-0.4, -0.2) is 5.97 Å². The molecular weight excluding hydrogens is 248 g/mol. The summed E-state index contributed by atoms with van der Waals surface area (Å²) < 4.78 is 0. The van der Waals surface area contributed by atoms with E-state index in [4.69, 9.17) is 0 Å². The minimum absolute atomic E-state index is 0.197. The van der Waals surface area contributed by atoms with Gasteiger partial charge in [-0.05, 0) is 37.5 Å². The van der Waals surface area contributed by atoms with E-state index in [0.29, 0.717) is 0 Å². The van der Waals surface area contributed by atoms with Crippen molar-refractivity contribution in [3.8, 4) is 23.7 Å². The van der Waals surface area contributed by atoms with Crippen molar-refractivity contribution >= 4 is 5.97 Å². The number of rotatable bonds is 11. The van der Waals surface area contributed by atoms with Crippen LogP contribution >= 0.6 is 0 Å². The fourth-order valence-electron chi connectivity index (χ4n) is 1.87. The zero-order valence-corrected chi connectivity index (χ0v) is 12.8. The van der Waals surface area contributed by atoms with Crippen LogP contribution in [0.5, 0.6) is 0 Å². The summed E-state index contributed by atoms with van der Waals surface area (Å²) in [6.07, 6.45) is 12.1. The number of unbranched alkanes of at least 4 members (excludes halogenated alkanes) is 9. The quantitative estimate of drug-likeness (QED) is 0.428. The molecule has 2 nitrogen and oxygen atoms in total. The maximum absolute atomic E-state index is 10.2. The Labute approximate surface area is 124 Å². The van der Waals surface area contributed by atoms with Gasteiger partial charge in [-0.3, -0.25) is 0 Å². The maximum Gasteiger partial charge on any atom is 0.0414 e. The third kappa shape index (κ3) is 16.6. The molecule has 2 heteroatoms. The van der Waals surface area contributed by atoms with Gasteiger partial charge in [-0.15, -0.1) is 0 Å². The van der Waals surface area contributed by atoms with Crippen molar-refractivity contribution in [3.05, 3.63) is 0 Å². The molecule has 0 aromatic heterocycles. The molecule has 0 heterocycles. The van der Waals surface area contributed by atoms with Crippen LogP contribution in [0.2, 0.25) is 0 Å². The molecule has 0 saturated heterocycles. The summed E-state index contributed by atoms with van der Waals surface area (Å²) in [5.74, 6) is 11.0. The zero-order chi connectivity index (χ0) is 14.9. The summed E-state index contributed by atoms with van der Waals surface area (Å²) in [7, 11) is 0. The first-order valence-corrected chi connectivity index (χ1v) is 7.93. The van der Waals surface area contributed by atoms with E-state index in [2.05, 4.69) is 30.6 Å². The molecule has 0 rings (SSSR count). The molecule has 0 aromatic carbocycles. The maximum atomic E-state index is 10.2. The van der Waals surface area contributed by atoms with Gasteiger partial charge < -0.3 is 9.90 Å². The number of carboxylic acids is 1. The predicted molar refractivity (Wildman–Crippen MR) is 81.6 cm³/mol. The normalized spacial score (nSPS) is 9.25. The van der Waals surface area contributed by atoms with Gasteiger partial charge in [0.1, 0.15) is 0 Å². The first-order chi connectivity index (χ1) is 9.77. The Balaban J connectivity index is 3.25. The number of aliphatic carboxylic acids is 1. The van der Waals surface area contributed by atoms with Crippen LogP contribution in [0.3, 0.4) is 0 Å². The van der Waals surface area contributed by atoms with Crippen LogP contribution in [0.25, 0.3) is 0 Å². The van der Waals surface area contributed by atoms with Crippen molar-refractivity contribution in [1.29, 1.82) is 0 Å². The van der Waals surface area contributed by atoms with Gasteiger partial charge >= 0.3 is 0 Å².